The van der Waals surface area contributed by atoms with Gasteiger partial charge in [0.15, 0.2) is 22.9 Å². The summed E-state index contributed by atoms with van der Waals surface area (Å²) in [5.74, 6) is -2.96. The topological polar surface area (TPSA) is 185 Å². The van der Waals surface area contributed by atoms with Crippen LogP contribution in [0.25, 0.3) is 41.6 Å². The maximum absolute atomic E-state index is 12.1. The van der Waals surface area contributed by atoms with Crippen molar-refractivity contribution in [1.29, 1.82) is 0 Å². The minimum atomic E-state index is -1.17. The Morgan fingerprint density at radius 3 is 1.60 bits per heavy atom. The molecule has 4 heterocycles. The second-order valence-corrected chi connectivity index (χ2v) is 12.1. The number of aromatic hydroxyl groups is 2. The highest BCUT2D eigenvalue weighted by Crippen LogP contribution is 2.39. The third-order valence-electron chi connectivity index (χ3n) is 6.97. The van der Waals surface area contributed by atoms with Gasteiger partial charge in [-0.15, -0.1) is 22.7 Å². The number of nitrogens with zero attached hydrogens (tertiary/aromatic N) is 4. The van der Waals surface area contributed by atoms with E-state index in [9.17, 15) is 24.6 Å². The summed E-state index contributed by atoms with van der Waals surface area (Å²) in [6, 6.07) is 19.2. The van der Waals surface area contributed by atoms with Crippen molar-refractivity contribution < 1.29 is 34.4 Å². The smallest absolute Gasteiger partial charge is 0.360 e. The van der Waals surface area contributed by atoms with Crippen molar-refractivity contribution in [2.24, 2.45) is 0 Å². The van der Waals surface area contributed by atoms with Gasteiger partial charge in [-0.2, -0.15) is 0 Å². The van der Waals surface area contributed by atoms with Crippen LogP contribution >= 0.6 is 22.7 Å². The standard InChI is InChI=1S/C17H15N3O4S.C17H16N2O3S/c1-2-10-12-15(25-17(20-12)9-6-4-3-5-7-9)14(23)13(19-10)16(24)18-8-11(21)22;1-3-11-12-15(14(20)13(18-11)17(21)22-4-2)23-16(19-12)10-8-6-5-7-9-10/h3-7,23H,2,8H2,1H3,(H,18,24)(H,21,22);5-9,20H,3-4H2,1-2H3. The number of thiazole rings is 2. The predicted octanol–water partition coefficient (Wildman–Crippen LogP) is 6.24. The summed E-state index contributed by atoms with van der Waals surface area (Å²) in [5.41, 5.74) is 4.09. The molecule has 0 radical (unpaired) electrons. The maximum atomic E-state index is 12.1. The zero-order chi connectivity index (χ0) is 34.4. The molecule has 12 nitrogen and oxygen atoms in total. The van der Waals surface area contributed by atoms with Crippen molar-refractivity contribution in [3.8, 4) is 32.6 Å². The number of aliphatic carboxylic acids is 1. The van der Waals surface area contributed by atoms with Crippen molar-refractivity contribution in [2.75, 3.05) is 13.2 Å². The van der Waals surface area contributed by atoms with Crippen molar-refractivity contribution in [3.05, 3.63) is 83.4 Å². The Kier molecular flexibility index (Phi) is 10.6. The first kappa shape index (κ1) is 33.9. The second-order valence-electron chi connectivity index (χ2n) is 10.1. The van der Waals surface area contributed by atoms with Crippen molar-refractivity contribution >= 4 is 61.0 Å². The van der Waals surface area contributed by atoms with Gasteiger partial charge >= 0.3 is 11.9 Å². The van der Waals surface area contributed by atoms with Gasteiger partial charge in [0, 0.05) is 11.1 Å². The number of aromatic nitrogens is 4. The molecule has 0 aliphatic carbocycles. The van der Waals surface area contributed by atoms with E-state index in [4.69, 9.17) is 9.84 Å². The number of carbonyl (C=O) groups excluding carboxylic acids is 2. The monoisotopic (exact) mass is 685 g/mol. The summed E-state index contributed by atoms with van der Waals surface area (Å²) in [7, 11) is 0. The molecule has 6 aromatic rings. The number of amides is 1. The van der Waals surface area contributed by atoms with E-state index in [0.29, 0.717) is 49.7 Å². The molecule has 48 heavy (non-hydrogen) atoms. The van der Waals surface area contributed by atoms with Crippen LogP contribution in [0.15, 0.2) is 60.7 Å². The third-order valence-corrected chi connectivity index (χ3v) is 9.19. The van der Waals surface area contributed by atoms with E-state index in [2.05, 4.69) is 25.3 Å². The van der Waals surface area contributed by atoms with E-state index in [-0.39, 0.29) is 29.5 Å². The summed E-state index contributed by atoms with van der Waals surface area (Å²) in [4.78, 5) is 52.4. The van der Waals surface area contributed by atoms with E-state index < -0.39 is 24.4 Å². The highest BCUT2D eigenvalue weighted by atomic mass is 32.1. The van der Waals surface area contributed by atoms with Gasteiger partial charge in [0.2, 0.25) is 0 Å². The number of hydrogen-bond acceptors (Lipinski definition) is 12. The highest BCUT2D eigenvalue weighted by Gasteiger charge is 2.24. The van der Waals surface area contributed by atoms with Crippen LogP contribution < -0.4 is 5.32 Å². The van der Waals surface area contributed by atoms with Crippen LogP contribution in [-0.4, -0.2) is 66.3 Å². The van der Waals surface area contributed by atoms with Crippen LogP contribution in [0, 0.1) is 0 Å². The van der Waals surface area contributed by atoms with Gasteiger partial charge in [0.25, 0.3) is 5.91 Å². The number of nitrogens with one attached hydrogen (secondary N) is 1. The first-order valence-corrected chi connectivity index (χ1v) is 16.6. The first-order valence-electron chi connectivity index (χ1n) is 15.0. The van der Waals surface area contributed by atoms with E-state index >= 15 is 0 Å². The van der Waals surface area contributed by atoms with Crippen LogP contribution in [-0.2, 0) is 22.4 Å². The fraction of sp³-hybridized carbons (Fsp3) is 0.206. The molecule has 0 spiro atoms. The molecule has 0 bridgehead atoms. The van der Waals surface area contributed by atoms with Gasteiger partial charge in [0.1, 0.15) is 37.0 Å². The number of benzene rings is 2. The summed E-state index contributed by atoms with van der Waals surface area (Å²) in [5, 5.41) is 33.3. The largest absolute Gasteiger partial charge is 0.504 e. The number of pyridine rings is 2. The number of esters is 1. The van der Waals surface area contributed by atoms with Gasteiger partial charge in [-0.1, -0.05) is 74.5 Å². The normalized spacial score (nSPS) is 10.8. The lowest BCUT2D eigenvalue weighted by molar-refractivity contribution is -0.135. The van der Waals surface area contributed by atoms with Gasteiger partial charge in [0.05, 0.1) is 18.0 Å². The van der Waals surface area contributed by atoms with Crippen LogP contribution in [0.2, 0.25) is 0 Å². The molecule has 0 aliphatic rings. The minimum Gasteiger partial charge on any atom is -0.504 e. The van der Waals surface area contributed by atoms with E-state index in [1.165, 1.54) is 22.7 Å². The Hall–Kier alpha value is -5.47. The molecule has 6 rings (SSSR count). The lowest BCUT2D eigenvalue weighted by atomic mass is 10.2. The average molecular weight is 686 g/mol. The van der Waals surface area contributed by atoms with Gasteiger partial charge in [-0.25, -0.2) is 24.7 Å². The number of carbonyl (C=O) groups is 3. The summed E-state index contributed by atoms with van der Waals surface area (Å²) < 4.78 is 6.00. The lowest BCUT2D eigenvalue weighted by Crippen LogP contribution is -2.30. The molecule has 0 saturated carbocycles. The Bertz CT molecular complexity index is 2120. The average Bonchev–Trinajstić information content (AvgIpc) is 3.76. The number of rotatable bonds is 9. The van der Waals surface area contributed by atoms with Crippen molar-refractivity contribution in [3.63, 3.8) is 0 Å². The Morgan fingerprint density at radius 1 is 0.708 bits per heavy atom. The maximum Gasteiger partial charge on any atom is 0.360 e. The molecule has 246 valence electrons. The molecule has 2 aromatic carbocycles. The molecular formula is C34H31N5O7S2. The number of aryl methyl sites for hydroxylation is 2. The van der Waals surface area contributed by atoms with Crippen LogP contribution in [0.3, 0.4) is 0 Å². The Balaban J connectivity index is 0.000000188. The lowest BCUT2D eigenvalue weighted by Gasteiger charge is -2.07. The van der Waals surface area contributed by atoms with Crippen molar-refractivity contribution in [2.45, 2.75) is 33.6 Å². The molecule has 4 N–H and O–H groups in total. The van der Waals surface area contributed by atoms with Crippen molar-refractivity contribution in [1.82, 2.24) is 25.3 Å². The predicted molar refractivity (Wildman–Crippen MR) is 184 cm³/mol. The van der Waals surface area contributed by atoms with Crippen LogP contribution in [0.1, 0.15) is 53.1 Å². The zero-order valence-corrected chi connectivity index (χ0v) is 27.8. The molecule has 4 aromatic heterocycles. The van der Waals surface area contributed by atoms with Gasteiger partial charge in [-0.05, 0) is 19.8 Å². The number of ether oxygens (including phenoxy) is 1. The van der Waals surface area contributed by atoms with E-state index in [0.717, 1.165) is 16.1 Å². The van der Waals surface area contributed by atoms with E-state index in [1.54, 1.807) is 6.92 Å². The molecule has 0 atom stereocenters. The minimum absolute atomic E-state index is 0.0422. The summed E-state index contributed by atoms with van der Waals surface area (Å²) >= 11 is 2.61. The first-order chi connectivity index (χ1) is 23.2. The van der Waals surface area contributed by atoms with Gasteiger partial charge in [-0.3, -0.25) is 9.59 Å². The fourth-order valence-electron chi connectivity index (χ4n) is 4.69. The molecule has 0 aliphatic heterocycles. The molecule has 0 saturated heterocycles. The SMILES string of the molecule is CCOC(=O)c1nc(CC)c2nc(-c3ccccc3)sc2c1O.CCc1nc(C(=O)NCC(=O)O)c(O)c2sc(-c3ccccc3)nc12. The summed E-state index contributed by atoms with van der Waals surface area (Å²) in [6.45, 7) is 5.22. The molecule has 0 unspecified atom stereocenters. The number of carboxylic acids is 1. The van der Waals surface area contributed by atoms with Crippen LogP contribution in [0.5, 0.6) is 11.5 Å². The Morgan fingerprint density at radius 2 is 1.17 bits per heavy atom. The van der Waals surface area contributed by atoms with Crippen LogP contribution in [0.4, 0.5) is 0 Å². The number of fused-ring (bicyclic) bond motifs is 2. The zero-order valence-electron chi connectivity index (χ0n) is 26.2. The number of hydrogen-bond donors (Lipinski definition) is 4. The molecule has 14 heteroatoms. The number of carboxylic acid groups (broad SMARTS) is 1. The van der Waals surface area contributed by atoms with Gasteiger partial charge < -0.3 is 25.4 Å². The molecule has 0 fully saturated rings. The summed E-state index contributed by atoms with van der Waals surface area (Å²) in [6.07, 6.45) is 1.13. The fourth-order valence-corrected chi connectivity index (χ4v) is 6.77. The molecular weight excluding hydrogens is 655 g/mol. The molecule has 1 amide bonds. The highest BCUT2D eigenvalue weighted by molar-refractivity contribution is 7.22. The third kappa shape index (κ3) is 7.09. The quantitative estimate of drug-likeness (QED) is 0.126. The van der Waals surface area contributed by atoms with E-state index in [1.807, 2.05) is 74.5 Å². The Labute approximate surface area is 282 Å². The second kappa shape index (κ2) is 15.0.